The molecule has 0 aliphatic carbocycles. The predicted molar refractivity (Wildman–Crippen MR) is 132 cm³/mol. The Morgan fingerprint density at radius 2 is 1.63 bits per heavy atom. The van der Waals surface area contributed by atoms with Crippen molar-refractivity contribution in [2.75, 3.05) is 13.1 Å². The SMILES string of the molecule is CC[C@H](C)[C@H](NC(=O)C1(c2ccccc2)CCN(C(=O)OC(C)(C)C)CC1)C(=O)N[C@H](C)C(=O)O. The molecule has 3 atom stereocenters. The highest BCUT2D eigenvalue weighted by molar-refractivity contribution is 5.94. The van der Waals surface area contributed by atoms with Crippen molar-refractivity contribution in [3.05, 3.63) is 35.9 Å². The monoisotopic (exact) mass is 489 g/mol. The van der Waals surface area contributed by atoms with Gasteiger partial charge in [-0.1, -0.05) is 50.6 Å². The summed E-state index contributed by atoms with van der Waals surface area (Å²) in [5, 5.41) is 14.6. The third kappa shape index (κ3) is 7.19. The number of ether oxygens (including phenoxy) is 1. The molecule has 194 valence electrons. The molecule has 0 unspecified atom stereocenters. The fourth-order valence-electron chi connectivity index (χ4n) is 4.15. The van der Waals surface area contributed by atoms with Crippen LogP contribution in [-0.2, 0) is 24.5 Å². The number of carbonyl (C=O) groups excluding carboxylic acids is 3. The average Bonchev–Trinajstić information content (AvgIpc) is 2.81. The van der Waals surface area contributed by atoms with E-state index in [9.17, 15) is 24.3 Å². The Balaban J connectivity index is 2.29. The van der Waals surface area contributed by atoms with Gasteiger partial charge in [-0.15, -0.1) is 0 Å². The second-order valence-corrected chi connectivity index (χ2v) is 10.3. The van der Waals surface area contributed by atoms with Crippen molar-refractivity contribution in [3.8, 4) is 0 Å². The first-order valence-corrected chi connectivity index (χ1v) is 12.2. The maximum atomic E-state index is 13.8. The lowest BCUT2D eigenvalue weighted by molar-refractivity contribution is -0.142. The lowest BCUT2D eigenvalue weighted by Gasteiger charge is -2.42. The minimum absolute atomic E-state index is 0.213. The third-order valence-electron chi connectivity index (χ3n) is 6.54. The Morgan fingerprint density at radius 1 is 1.06 bits per heavy atom. The van der Waals surface area contributed by atoms with Gasteiger partial charge in [-0.2, -0.15) is 0 Å². The first-order chi connectivity index (χ1) is 16.3. The molecule has 0 radical (unpaired) electrons. The van der Waals surface area contributed by atoms with Gasteiger partial charge >= 0.3 is 12.1 Å². The van der Waals surface area contributed by atoms with Crippen LogP contribution < -0.4 is 10.6 Å². The minimum atomic E-state index is -1.15. The first kappa shape index (κ1) is 28.1. The maximum absolute atomic E-state index is 13.8. The number of benzene rings is 1. The number of carboxylic acid groups (broad SMARTS) is 1. The van der Waals surface area contributed by atoms with Crippen molar-refractivity contribution < 1.29 is 29.0 Å². The normalized spacial score (nSPS) is 18.1. The summed E-state index contributed by atoms with van der Waals surface area (Å²) in [5.74, 6) is -2.20. The van der Waals surface area contributed by atoms with Gasteiger partial charge in [-0.25, -0.2) is 4.79 Å². The minimum Gasteiger partial charge on any atom is -0.480 e. The van der Waals surface area contributed by atoms with Crippen molar-refractivity contribution in [1.29, 1.82) is 0 Å². The van der Waals surface area contributed by atoms with Crippen LogP contribution in [0.2, 0.25) is 0 Å². The highest BCUT2D eigenvalue weighted by atomic mass is 16.6. The summed E-state index contributed by atoms with van der Waals surface area (Å²) in [7, 11) is 0. The number of carbonyl (C=O) groups is 4. The standard InChI is InChI=1S/C26H39N3O6/c1-7-17(2)20(21(30)27-18(3)22(31)32)28-23(33)26(19-11-9-8-10-12-19)13-15-29(16-14-26)24(34)35-25(4,5)6/h8-12,17-18,20H,7,13-16H2,1-6H3,(H,27,30)(H,28,33)(H,31,32)/t17-,18+,20-/m0/s1. The number of hydrogen-bond acceptors (Lipinski definition) is 5. The second kappa shape index (κ2) is 11.6. The zero-order valence-corrected chi connectivity index (χ0v) is 21.6. The number of hydrogen-bond donors (Lipinski definition) is 3. The van der Waals surface area contributed by atoms with Gasteiger partial charge < -0.3 is 25.4 Å². The lowest BCUT2D eigenvalue weighted by Crippen LogP contribution is -2.59. The van der Waals surface area contributed by atoms with E-state index in [1.165, 1.54) is 6.92 Å². The third-order valence-corrected chi connectivity index (χ3v) is 6.54. The van der Waals surface area contributed by atoms with E-state index in [-0.39, 0.29) is 11.8 Å². The fraction of sp³-hybridized carbons (Fsp3) is 0.615. The molecule has 0 aromatic heterocycles. The molecule has 9 nitrogen and oxygen atoms in total. The molecule has 1 heterocycles. The molecule has 1 aromatic rings. The zero-order valence-electron chi connectivity index (χ0n) is 21.6. The summed E-state index contributed by atoms with van der Waals surface area (Å²) >= 11 is 0. The number of carboxylic acids is 1. The number of piperidine rings is 1. The van der Waals surface area contributed by atoms with Gasteiger partial charge in [0.05, 0.1) is 5.41 Å². The van der Waals surface area contributed by atoms with Crippen molar-refractivity contribution >= 4 is 23.9 Å². The molecule has 9 heteroatoms. The lowest BCUT2D eigenvalue weighted by atomic mass is 9.71. The van der Waals surface area contributed by atoms with E-state index in [0.29, 0.717) is 32.4 Å². The smallest absolute Gasteiger partial charge is 0.410 e. The first-order valence-electron chi connectivity index (χ1n) is 12.2. The number of rotatable bonds is 8. The summed E-state index contributed by atoms with van der Waals surface area (Å²) < 4.78 is 5.50. The molecule has 1 aromatic carbocycles. The van der Waals surface area contributed by atoms with Crippen LogP contribution in [0.1, 0.15) is 66.4 Å². The van der Waals surface area contributed by atoms with Gasteiger partial charge in [0.25, 0.3) is 0 Å². The van der Waals surface area contributed by atoms with Gasteiger partial charge in [-0.3, -0.25) is 14.4 Å². The molecule has 1 aliphatic heterocycles. The fourth-order valence-corrected chi connectivity index (χ4v) is 4.15. The predicted octanol–water partition coefficient (Wildman–Crippen LogP) is 3.08. The molecule has 1 saturated heterocycles. The molecule has 2 rings (SSSR count). The van der Waals surface area contributed by atoms with Crippen LogP contribution >= 0.6 is 0 Å². The van der Waals surface area contributed by atoms with E-state index in [1.54, 1.807) is 4.90 Å². The summed E-state index contributed by atoms with van der Waals surface area (Å²) in [6.07, 6.45) is 0.925. The van der Waals surface area contributed by atoms with Crippen molar-refractivity contribution in [3.63, 3.8) is 0 Å². The van der Waals surface area contributed by atoms with Crippen molar-refractivity contribution in [1.82, 2.24) is 15.5 Å². The Bertz CT molecular complexity index is 903. The summed E-state index contributed by atoms with van der Waals surface area (Å²) in [6.45, 7) is 11.2. The van der Waals surface area contributed by atoms with Crippen LogP contribution in [-0.4, -0.2) is 64.7 Å². The molecule has 1 fully saturated rings. The number of nitrogens with zero attached hydrogens (tertiary/aromatic N) is 1. The Kier molecular flexibility index (Phi) is 9.29. The molecular weight excluding hydrogens is 450 g/mol. The molecule has 0 saturated carbocycles. The Morgan fingerprint density at radius 3 is 2.11 bits per heavy atom. The molecule has 3 amide bonds. The van der Waals surface area contributed by atoms with Crippen LogP contribution in [0.15, 0.2) is 30.3 Å². The highest BCUT2D eigenvalue weighted by Crippen LogP contribution is 2.36. The van der Waals surface area contributed by atoms with Gasteiger partial charge in [-0.05, 0) is 52.0 Å². The summed E-state index contributed by atoms with van der Waals surface area (Å²) in [6, 6.07) is 7.38. The number of likely N-dealkylation sites (tertiary alicyclic amines) is 1. The van der Waals surface area contributed by atoms with Crippen LogP contribution in [0, 0.1) is 5.92 Å². The van der Waals surface area contributed by atoms with E-state index in [0.717, 1.165) is 5.56 Å². The second-order valence-electron chi connectivity index (χ2n) is 10.3. The van der Waals surface area contributed by atoms with Crippen LogP contribution in [0.3, 0.4) is 0 Å². The summed E-state index contributed by atoms with van der Waals surface area (Å²) in [5.41, 5.74) is -0.750. The van der Waals surface area contributed by atoms with E-state index >= 15 is 0 Å². The summed E-state index contributed by atoms with van der Waals surface area (Å²) in [4.78, 5) is 52.2. The van der Waals surface area contributed by atoms with Crippen molar-refractivity contribution in [2.45, 2.75) is 83.9 Å². The maximum Gasteiger partial charge on any atom is 0.410 e. The zero-order chi connectivity index (χ0) is 26.4. The van der Waals surface area contributed by atoms with Crippen LogP contribution in [0.4, 0.5) is 4.79 Å². The van der Waals surface area contributed by atoms with Gasteiger partial charge in [0.2, 0.25) is 11.8 Å². The van der Waals surface area contributed by atoms with Crippen LogP contribution in [0.25, 0.3) is 0 Å². The van der Waals surface area contributed by atoms with E-state index < -0.39 is 41.1 Å². The molecule has 3 N–H and O–H groups in total. The highest BCUT2D eigenvalue weighted by Gasteiger charge is 2.45. The number of amides is 3. The number of aliphatic carboxylic acids is 1. The topological polar surface area (TPSA) is 125 Å². The molecular formula is C26H39N3O6. The molecule has 1 aliphatic rings. The van der Waals surface area contributed by atoms with Gasteiger partial charge in [0.1, 0.15) is 17.7 Å². The molecule has 0 spiro atoms. The van der Waals surface area contributed by atoms with E-state index in [4.69, 9.17) is 4.74 Å². The van der Waals surface area contributed by atoms with E-state index in [2.05, 4.69) is 10.6 Å². The quantitative estimate of drug-likeness (QED) is 0.515. The van der Waals surface area contributed by atoms with Crippen LogP contribution in [0.5, 0.6) is 0 Å². The van der Waals surface area contributed by atoms with Crippen molar-refractivity contribution in [2.24, 2.45) is 5.92 Å². The Hall–Kier alpha value is -3.10. The van der Waals surface area contributed by atoms with E-state index in [1.807, 2.05) is 65.0 Å². The van der Waals surface area contributed by atoms with Gasteiger partial charge in [0.15, 0.2) is 0 Å². The average molecular weight is 490 g/mol. The van der Waals surface area contributed by atoms with Gasteiger partial charge in [0, 0.05) is 13.1 Å². The number of nitrogens with one attached hydrogen (secondary N) is 2. The largest absolute Gasteiger partial charge is 0.480 e. The molecule has 0 bridgehead atoms. The Labute approximate surface area is 207 Å². The molecule has 35 heavy (non-hydrogen) atoms.